The van der Waals surface area contributed by atoms with Crippen LogP contribution in [0.4, 0.5) is 10.1 Å². The van der Waals surface area contributed by atoms with Crippen LogP contribution in [0, 0.1) is 17.7 Å². The van der Waals surface area contributed by atoms with Crippen molar-refractivity contribution in [2.45, 2.75) is 10.8 Å². The molecule has 218 valence electrons. The largest absolute Gasteiger partial charge is 0.297 e. The van der Waals surface area contributed by atoms with Crippen LogP contribution in [-0.4, -0.2) is 17.6 Å². The molecule has 5 heteroatoms. The van der Waals surface area contributed by atoms with Gasteiger partial charge in [0.05, 0.1) is 28.4 Å². The van der Waals surface area contributed by atoms with E-state index in [0.717, 1.165) is 48.3 Å². The maximum absolute atomic E-state index is 15.9. The van der Waals surface area contributed by atoms with Crippen molar-refractivity contribution in [2.75, 3.05) is 4.90 Å². The van der Waals surface area contributed by atoms with Crippen molar-refractivity contribution in [3.63, 3.8) is 0 Å². The summed E-state index contributed by atoms with van der Waals surface area (Å²) in [5, 5.41) is 5.94. The first-order chi connectivity index (χ1) is 22.5. The first-order valence-electron chi connectivity index (χ1n) is 15.5. The van der Waals surface area contributed by atoms with Crippen molar-refractivity contribution >= 4 is 55.6 Å². The normalized spacial score (nSPS) is 24.9. The molecule has 0 spiro atoms. The number of ketones is 1. The number of fused-ring (bicyclic) bond motifs is 10. The van der Waals surface area contributed by atoms with Crippen LogP contribution in [0.5, 0.6) is 0 Å². The molecule has 2 amide bonds. The summed E-state index contributed by atoms with van der Waals surface area (Å²) in [5.74, 6) is -4.09. The number of rotatable bonds is 3. The second-order valence-electron chi connectivity index (χ2n) is 12.7. The van der Waals surface area contributed by atoms with Crippen molar-refractivity contribution in [1.29, 1.82) is 0 Å². The Kier molecular flexibility index (Phi) is 4.75. The van der Waals surface area contributed by atoms with Gasteiger partial charge in [0, 0.05) is 0 Å². The highest BCUT2D eigenvalue weighted by Crippen LogP contribution is 2.73. The highest BCUT2D eigenvalue weighted by Gasteiger charge is 2.82. The molecule has 10 rings (SSSR count). The molecule has 46 heavy (non-hydrogen) atoms. The number of benzene rings is 7. The lowest BCUT2D eigenvalue weighted by Crippen LogP contribution is -2.45. The number of amides is 2. The maximum Gasteiger partial charge on any atom is 0.239 e. The molecule has 0 radical (unpaired) electrons. The summed E-state index contributed by atoms with van der Waals surface area (Å²) in [5.41, 5.74) is -0.183. The Morgan fingerprint density at radius 2 is 0.957 bits per heavy atom. The summed E-state index contributed by atoms with van der Waals surface area (Å²) in [6.45, 7) is 0. The number of hydrogen-bond donors (Lipinski definition) is 0. The van der Waals surface area contributed by atoms with Crippen LogP contribution in [0.3, 0.4) is 0 Å². The minimum atomic E-state index is -1.49. The summed E-state index contributed by atoms with van der Waals surface area (Å²) >= 11 is 0. The number of carbonyl (C=O) groups excluding carboxylic acids is 3. The summed E-state index contributed by atoms with van der Waals surface area (Å²) in [6.07, 6.45) is 0. The molecule has 7 aromatic rings. The van der Waals surface area contributed by atoms with E-state index in [9.17, 15) is 9.59 Å². The monoisotopic (exact) mass is 597 g/mol. The molecule has 1 saturated heterocycles. The fourth-order valence-electron chi connectivity index (χ4n) is 9.52. The number of imide groups is 1. The molecule has 1 heterocycles. The smallest absolute Gasteiger partial charge is 0.239 e. The zero-order valence-corrected chi connectivity index (χ0v) is 24.4. The molecular formula is C41H24FNO3. The maximum atomic E-state index is 15.9. The van der Waals surface area contributed by atoms with E-state index in [1.807, 2.05) is 72.8 Å². The number of anilines is 1. The molecule has 2 bridgehead atoms. The molecule has 2 aliphatic carbocycles. The van der Waals surface area contributed by atoms with E-state index in [2.05, 4.69) is 36.4 Å². The van der Waals surface area contributed by atoms with E-state index in [0.29, 0.717) is 11.1 Å². The van der Waals surface area contributed by atoms with Crippen LogP contribution in [0.25, 0.3) is 32.3 Å². The fourth-order valence-corrected chi connectivity index (χ4v) is 9.52. The van der Waals surface area contributed by atoms with E-state index in [1.54, 1.807) is 6.07 Å². The Balaban J connectivity index is 1.46. The standard InChI is InChI=1S/C41H24FNO3/c42-29-19-7-8-20-30(29)43-37(44)35-36(38(43)45)41(26-15-5-2-6-16-26)34-28-18-10-12-24-22-21-23-11-9-17-27(31(23)32(24)28)33(34)40(35,39(41)46)25-13-3-1-4-14-25/h1-22,35-36H/t35?,36?,40-,41+. The van der Waals surface area contributed by atoms with Crippen LogP contribution >= 0.6 is 0 Å². The average Bonchev–Trinajstić information content (AvgIpc) is 3.61. The van der Waals surface area contributed by atoms with E-state index >= 15 is 9.18 Å². The second-order valence-corrected chi connectivity index (χ2v) is 12.7. The molecular weight excluding hydrogens is 573 g/mol. The lowest BCUT2D eigenvalue weighted by molar-refractivity contribution is -0.130. The van der Waals surface area contributed by atoms with E-state index in [-0.39, 0.29) is 11.5 Å². The third-order valence-electron chi connectivity index (χ3n) is 11.0. The summed E-state index contributed by atoms with van der Waals surface area (Å²) in [4.78, 5) is 46.9. The van der Waals surface area contributed by atoms with Crippen LogP contribution in [0.2, 0.25) is 0 Å². The average molecular weight is 598 g/mol. The summed E-state index contributed by atoms with van der Waals surface area (Å²) < 4.78 is 15.4. The summed E-state index contributed by atoms with van der Waals surface area (Å²) in [7, 11) is 0. The van der Waals surface area contributed by atoms with Gasteiger partial charge in [-0.05, 0) is 66.7 Å². The minimum absolute atomic E-state index is 0.0874. The van der Waals surface area contributed by atoms with E-state index in [4.69, 9.17) is 0 Å². The topological polar surface area (TPSA) is 54.5 Å². The van der Waals surface area contributed by atoms with Crippen molar-refractivity contribution in [1.82, 2.24) is 0 Å². The van der Waals surface area contributed by atoms with Crippen LogP contribution in [-0.2, 0) is 25.2 Å². The van der Waals surface area contributed by atoms with E-state index in [1.165, 1.54) is 18.2 Å². The van der Waals surface area contributed by atoms with Gasteiger partial charge in [0.1, 0.15) is 5.82 Å². The SMILES string of the molecule is O=C1C2C(C(=O)N1c1ccccc1F)[C@@]1(c3ccccc3)C(=O)[C@]2(c2ccccc2)c2c1c1cccc3ccc4cccc2c4c31. The van der Waals surface area contributed by atoms with Crippen molar-refractivity contribution < 1.29 is 18.8 Å². The molecule has 2 unspecified atom stereocenters. The number of halogens is 1. The van der Waals surface area contributed by atoms with Crippen LogP contribution < -0.4 is 4.90 Å². The lowest BCUT2D eigenvalue weighted by atomic mass is 9.59. The van der Waals surface area contributed by atoms with Gasteiger partial charge in [0.25, 0.3) is 0 Å². The highest BCUT2D eigenvalue weighted by molar-refractivity contribution is 6.36. The quantitative estimate of drug-likeness (QED) is 0.155. The predicted octanol–water partition coefficient (Wildman–Crippen LogP) is 7.70. The Labute approximate surface area is 263 Å². The van der Waals surface area contributed by atoms with Crippen molar-refractivity contribution in [3.8, 4) is 0 Å². The lowest BCUT2D eigenvalue weighted by Gasteiger charge is -2.38. The van der Waals surface area contributed by atoms with Gasteiger partial charge in [-0.25, -0.2) is 9.29 Å². The Morgan fingerprint density at radius 1 is 0.500 bits per heavy atom. The second kappa shape index (κ2) is 8.52. The molecule has 2 fully saturated rings. The van der Waals surface area contributed by atoms with Gasteiger partial charge in [0.15, 0.2) is 5.78 Å². The van der Waals surface area contributed by atoms with Crippen LogP contribution in [0.15, 0.2) is 133 Å². The molecule has 7 aromatic carbocycles. The number of para-hydroxylation sites is 1. The molecule has 3 aliphatic rings. The molecule has 1 saturated carbocycles. The van der Waals surface area contributed by atoms with Gasteiger partial charge in [-0.2, -0.15) is 0 Å². The fraction of sp³-hybridized carbons (Fsp3) is 0.0976. The first kappa shape index (κ1) is 25.6. The van der Waals surface area contributed by atoms with Crippen molar-refractivity contribution in [2.24, 2.45) is 11.8 Å². The third kappa shape index (κ3) is 2.63. The molecule has 0 aromatic heterocycles. The predicted molar refractivity (Wildman–Crippen MR) is 175 cm³/mol. The van der Waals surface area contributed by atoms with Gasteiger partial charge >= 0.3 is 0 Å². The van der Waals surface area contributed by atoms with Gasteiger partial charge in [-0.15, -0.1) is 0 Å². The van der Waals surface area contributed by atoms with Crippen molar-refractivity contribution in [3.05, 3.63) is 162 Å². The third-order valence-corrected chi connectivity index (χ3v) is 11.0. The number of nitrogens with zero attached hydrogens (tertiary/aromatic N) is 1. The molecule has 4 atom stereocenters. The van der Waals surface area contributed by atoms with Gasteiger partial charge in [-0.3, -0.25) is 14.4 Å². The molecule has 0 N–H and O–H groups in total. The summed E-state index contributed by atoms with van der Waals surface area (Å²) in [6, 6.07) is 41.2. The Bertz CT molecular complexity index is 2330. The zero-order valence-electron chi connectivity index (χ0n) is 24.4. The highest BCUT2D eigenvalue weighted by atomic mass is 19.1. The Morgan fingerprint density at radius 3 is 1.43 bits per heavy atom. The molecule has 1 aliphatic heterocycles. The minimum Gasteiger partial charge on any atom is -0.297 e. The van der Waals surface area contributed by atoms with Gasteiger partial charge in [0.2, 0.25) is 11.8 Å². The van der Waals surface area contributed by atoms with Gasteiger partial charge < -0.3 is 0 Å². The first-order valence-corrected chi connectivity index (χ1v) is 15.5. The van der Waals surface area contributed by atoms with E-state index < -0.39 is 40.3 Å². The zero-order chi connectivity index (χ0) is 30.9. The Hall–Kier alpha value is -5.68. The number of Topliss-reactive ketones (excluding diaryl/α,β-unsaturated/α-hetero) is 1. The molecule has 4 nitrogen and oxygen atoms in total. The van der Waals surface area contributed by atoms with Gasteiger partial charge in [-0.1, -0.05) is 121 Å². The van der Waals surface area contributed by atoms with Crippen LogP contribution in [0.1, 0.15) is 22.3 Å². The number of carbonyl (C=O) groups is 3. The number of hydrogen-bond acceptors (Lipinski definition) is 3.